The average Bonchev–Trinajstić information content (AvgIpc) is 2.47. The highest BCUT2D eigenvalue weighted by molar-refractivity contribution is 7.98. The van der Waals surface area contributed by atoms with Gasteiger partial charge in [0.1, 0.15) is 17.2 Å². The smallest absolute Gasteiger partial charge is 0.136 e. The highest BCUT2D eigenvalue weighted by Crippen LogP contribution is 2.36. The summed E-state index contributed by atoms with van der Waals surface area (Å²) in [6, 6.07) is 13.3. The average molecular weight is 290 g/mol. The molecule has 0 bridgehead atoms. The Morgan fingerprint density at radius 1 is 1.05 bits per heavy atom. The number of thioether (sulfide) groups is 1. The summed E-state index contributed by atoms with van der Waals surface area (Å²) in [6.45, 7) is 1.70. The maximum Gasteiger partial charge on any atom is 0.136 e. The van der Waals surface area contributed by atoms with E-state index in [2.05, 4.69) is 0 Å². The maximum absolute atomic E-state index is 9.91. The lowest BCUT2D eigenvalue weighted by molar-refractivity contribution is 0.190. The molecule has 0 unspecified atom stereocenters. The summed E-state index contributed by atoms with van der Waals surface area (Å²) in [6.07, 6.45) is 1.37. The minimum absolute atomic E-state index is 0.608. The van der Waals surface area contributed by atoms with Gasteiger partial charge in [-0.1, -0.05) is 6.07 Å². The van der Waals surface area contributed by atoms with Crippen molar-refractivity contribution in [2.24, 2.45) is 0 Å². The fourth-order valence-corrected chi connectivity index (χ4v) is 2.38. The highest BCUT2D eigenvalue weighted by atomic mass is 32.2. The van der Waals surface area contributed by atoms with Gasteiger partial charge in [0.2, 0.25) is 0 Å². The number of aliphatic hydroxyl groups excluding tert-OH is 1. The van der Waals surface area contributed by atoms with E-state index in [1.54, 1.807) is 25.8 Å². The number of benzene rings is 2. The van der Waals surface area contributed by atoms with Crippen molar-refractivity contribution >= 4 is 11.8 Å². The molecule has 106 valence electrons. The third-order valence-electron chi connectivity index (χ3n) is 2.95. The molecule has 0 aliphatic heterocycles. The number of rotatable bonds is 5. The number of aliphatic hydroxyl groups is 1. The molecule has 0 heterocycles. The molecule has 4 heteroatoms. The molecule has 0 spiro atoms. The van der Waals surface area contributed by atoms with E-state index in [1.807, 2.05) is 48.7 Å². The van der Waals surface area contributed by atoms with Gasteiger partial charge in [-0.2, -0.15) is 0 Å². The minimum Gasteiger partial charge on any atom is -0.496 e. The zero-order valence-electron chi connectivity index (χ0n) is 11.8. The van der Waals surface area contributed by atoms with Crippen molar-refractivity contribution in [2.75, 3.05) is 13.4 Å². The van der Waals surface area contributed by atoms with Crippen molar-refractivity contribution in [2.45, 2.75) is 17.9 Å². The van der Waals surface area contributed by atoms with Crippen LogP contribution in [0.25, 0.3) is 0 Å². The van der Waals surface area contributed by atoms with Crippen molar-refractivity contribution in [3.63, 3.8) is 0 Å². The predicted molar refractivity (Wildman–Crippen MR) is 81.9 cm³/mol. The second-order valence-electron chi connectivity index (χ2n) is 4.33. The van der Waals surface area contributed by atoms with E-state index in [1.165, 1.54) is 4.90 Å². The summed E-state index contributed by atoms with van der Waals surface area (Å²) in [5.74, 6) is 1.97. The molecule has 20 heavy (non-hydrogen) atoms. The van der Waals surface area contributed by atoms with E-state index in [9.17, 15) is 5.11 Å². The summed E-state index contributed by atoms with van der Waals surface area (Å²) in [4.78, 5) is 1.18. The molecule has 0 saturated carbocycles. The number of methoxy groups -OCH3 is 1. The Bertz CT molecular complexity index is 564. The molecule has 2 rings (SSSR count). The second kappa shape index (κ2) is 6.68. The van der Waals surface area contributed by atoms with E-state index < -0.39 is 6.10 Å². The molecule has 0 fully saturated rings. The normalized spacial score (nSPS) is 12.0. The second-order valence-corrected chi connectivity index (χ2v) is 5.21. The van der Waals surface area contributed by atoms with E-state index in [-0.39, 0.29) is 0 Å². The Morgan fingerprint density at radius 3 is 2.25 bits per heavy atom. The summed E-state index contributed by atoms with van der Waals surface area (Å²) in [5.41, 5.74) is 0.656. The van der Waals surface area contributed by atoms with Gasteiger partial charge in [0, 0.05) is 4.90 Å². The van der Waals surface area contributed by atoms with Gasteiger partial charge in [0.05, 0.1) is 18.8 Å². The van der Waals surface area contributed by atoms with Crippen LogP contribution in [0.3, 0.4) is 0 Å². The molecule has 0 aromatic heterocycles. The van der Waals surface area contributed by atoms with Gasteiger partial charge in [0.25, 0.3) is 0 Å². The Labute approximate surface area is 123 Å². The summed E-state index contributed by atoms with van der Waals surface area (Å²) in [7, 11) is 1.58. The summed E-state index contributed by atoms with van der Waals surface area (Å²) >= 11 is 1.68. The standard InChI is InChI=1S/C16H18O3S/c1-11(17)16-14(18-2)5-4-6-15(16)19-12-7-9-13(20-3)10-8-12/h4-11,17H,1-3H3/t11-/m1/s1. The van der Waals surface area contributed by atoms with Gasteiger partial charge in [-0.05, 0) is 49.6 Å². The lowest BCUT2D eigenvalue weighted by Gasteiger charge is -2.16. The molecule has 0 aliphatic rings. The molecule has 0 amide bonds. The lowest BCUT2D eigenvalue weighted by Crippen LogP contribution is -2.00. The van der Waals surface area contributed by atoms with Gasteiger partial charge in [0.15, 0.2) is 0 Å². The Hall–Kier alpha value is -1.65. The van der Waals surface area contributed by atoms with Crippen molar-refractivity contribution in [1.29, 1.82) is 0 Å². The van der Waals surface area contributed by atoms with Crippen molar-refractivity contribution < 1.29 is 14.6 Å². The molecule has 2 aromatic carbocycles. The third-order valence-corrected chi connectivity index (χ3v) is 3.69. The fourth-order valence-electron chi connectivity index (χ4n) is 1.97. The van der Waals surface area contributed by atoms with E-state index in [0.717, 1.165) is 5.75 Å². The van der Waals surface area contributed by atoms with Crippen LogP contribution in [0.1, 0.15) is 18.6 Å². The van der Waals surface area contributed by atoms with Crippen LogP contribution in [0.2, 0.25) is 0 Å². The van der Waals surface area contributed by atoms with Crippen LogP contribution in [0.15, 0.2) is 47.4 Å². The van der Waals surface area contributed by atoms with Gasteiger partial charge in [-0.25, -0.2) is 0 Å². The Kier molecular flexibility index (Phi) is 4.93. The SMILES string of the molecule is COc1cccc(Oc2ccc(SC)cc2)c1[C@@H](C)O. The minimum atomic E-state index is -0.661. The monoisotopic (exact) mass is 290 g/mol. The van der Waals surface area contributed by atoms with Crippen LogP contribution in [-0.2, 0) is 0 Å². The topological polar surface area (TPSA) is 38.7 Å². The Balaban J connectivity index is 2.32. The van der Waals surface area contributed by atoms with E-state index >= 15 is 0 Å². The van der Waals surface area contributed by atoms with Gasteiger partial charge < -0.3 is 14.6 Å². The van der Waals surface area contributed by atoms with Crippen LogP contribution >= 0.6 is 11.8 Å². The molecule has 1 N–H and O–H groups in total. The number of hydrogen-bond acceptors (Lipinski definition) is 4. The maximum atomic E-state index is 9.91. The fraction of sp³-hybridized carbons (Fsp3) is 0.250. The van der Waals surface area contributed by atoms with Crippen LogP contribution < -0.4 is 9.47 Å². The first kappa shape index (κ1) is 14.8. The molecule has 3 nitrogen and oxygen atoms in total. The first-order valence-corrected chi connectivity index (χ1v) is 7.55. The molecule has 1 atom stereocenters. The van der Waals surface area contributed by atoms with Gasteiger partial charge in [-0.15, -0.1) is 11.8 Å². The van der Waals surface area contributed by atoms with Crippen molar-refractivity contribution in [1.82, 2.24) is 0 Å². The number of hydrogen-bond donors (Lipinski definition) is 1. The molecule has 2 aromatic rings. The molecular formula is C16H18O3S. The van der Waals surface area contributed by atoms with Crippen LogP contribution in [-0.4, -0.2) is 18.5 Å². The molecular weight excluding hydrogens is 272 g/mol. The quantitative estimate of drug-likeness (QED) is 0.835. The summed E-state index contributed by atoms with van der Waals surface area (Å²) in [5, 5.41) is 9.91. The molecule has 0 radical (unpaired) electrons. The first-order chi connectivity index (χ1) is 9.65. The zero-order chi connectivity index (χ0) is 14.5. The molecule has 0 aliphatic carbocycles. The Morgan fingerprint density at radius 2 is 1.70 bits per heavy atom. The first-order valence-electron chi connectivity index (χ1n) is 6.32. The van der Waals surface area contributed by atoms with Crippen LogP contribution in [0.4, 0.5) is 0 Å². The van der Waals surface area contributed by atoms with E-state index in [4.69, 9.17) is 9.47 Å². The highest BCUT2D eigenvalue weighted by Gasteiger charge is 2.15. The van der Waals surface area contributed by atoms with Crippen molar-refractivity contribution in [3.8, 4) is 17.2 Å². The lowest BCUT2D eigenvalue weighted by atomic mass is 10.1. The van der Waals surface area contributed by atoms with E-state index in [0.29, 0.717) is 17.1 Å². The summed E-state index contributed by atoms with van der Waals surface area (Å²) < 4.78 is 11.1. The van der Waals surface area contributed by atoms with Crippen molar-refractivity contribution in [3.05, 3.63) is 48.0 Å². The predicted octanol–water partition coefficient (Wildman–Crippen LogP) is 4.26. The largest absolute Gasteiger partial charge is 0.496 e. The zero-order valence-corrected chi connectivity index (χ0v) is 12.6. The van der Waals surface area contributed by atoms with Gasteiger partial charge in [-0.3, -0.25) is 0 Å². The van der Waals surface area contributed by atoms with Crippen LogP contribution in [0.5, 0.6) is 17.2 Å². The van der Waals surface area contributed by atoms with Gasteiger partial charge >= 0.3 is 0 Å². The third kappa shape index (κ3) is 3.26. The van der Waals surface area contributed by atoms with Crippen LogP contribution in [0, 0.1) is 0 Å². The molecule has 0 saturated heterocycles. The number of ether oxygens (including phenoxy) is 2.